The summed E-state index contributed by atoms with van der Waals surface area (Å²) in [6.07, 6.45) is 5.88. The van der Waals surface area contributed by atoms with Gasteiger partial charge in [0.05, 0.1) is 13.1 Å². The molecule has 0 aromatic heterocycles. The number of ether oxygens (including phenoxy) is 2. The molecule has 1 saturated carbocycles. The Morgan fingerprint density at radius 2 is 1.79 bits per heavy atom. The number of halogens is 1. The third kappa shape index (κ3) is 8.92. The third-order valence-electron chi connectivity index (χ3n) is 10.4. The van der Waals surface area contributed by atoms with Crippen molar-refractivity contribution in [2.24, 2.45) is 5.92 Å². The van der Waals surface area contributed by atoms with Crippen LogP contribution in [-0.4, -0.2) is 101 Å². The number of amides is 5. The molecular weight excluding hydrogens is 728 g/mol. The van der Waals surface area contributed by atoms with Crippen LogP contribution < -0.4 is 15.4 Å². The van der Waals surface area contributed by atoms with Crippen LogP contribution in [0.2, 0.25) is 5.02 Å². The maximum atomic E-state index is 14.4. The van der Waals surface area contributed by atoms with Gasteiger partial charge in [-0.15, -0.1) is 0 Å². The molecule has 53 heavy (non-hydrogen) atoms. The van der Waals surface area contributed by atoms with Gasteiger partial charge in [-0.3, -0.25) is 19.3 Å². The maximum absolute atomic E-state index is 14.4. The molecule has 5 amide bonds. The first-order valence-electron chi connectivity index (χ1n) is 18.4. The smallest absolute Gasteiger partial charge is 0.410 e. The minimum Gasteiger partial charge on any atom is -0.444 e. The first-order valence-corrected chi connectivity index (χ1v) is 20.2. The van der Waals surface area contributed by atoms with E-state index in [1.165, 1.54) is 14.1 Å². The number of carbonyl (C=O) groups excluding carboxylic acids is 5. The second kappa shape index (κ2) is 15.5. The van der Waals surface area contributed by atoms with Crippen molar-refractivity contribution in [1.29, 1.82) is 0 Å². The Kier molecular flexibility index (Phi) is 11.3. The van der Waals surface area contributed by atoms with Crippen LogP contribution in [-0.2, 0) is 47.2 Å². The highest BCUT2D eigenvalue weighted by Crippen LogP contribution is 2.46. The molecule has 1 aliphatic carbocycles. The zero-order valence-electron chi connectivity index (χ0n) is 30.4. The second-order valence-electron chi connectivity index (χ2n) is 15.6. The lowest BCUT2D eigenvalue weighted by molar-refractivity contribution is -0.141. The number of hydrogen-bond acceptors (Lipinski definition) is 9. The number of alkyl carbamates (subject to hydrolysis) is 1. The van der Waals surface area contributed by atoms with Gasteiger partial charge in [0.1, 0.15) is 29.3 Å². The zero-order valence-corrected chi connectivity index (χ0v) is 32.0. The van der Waals surface area contributed by atoms with E-state index in [4.69, 9.17) is 21.1 Å². The minimum atomic E-state index is -4.14. The highest BCUT2D eigenvalue weighted by Gasteiger charge is 2.62. The Morgan fingerprint density at radius 1 is 1.04 bits per heavy atom. The number of nitrogens with zero attached hydrogens (tertiary/aromatic N) is 3. The highest BCUT2D eigenvalue weighted by atomic mass is 35.5. The van der Waals surface area contributed by atoms with Gasteiger partial charge in [-0.1, -0.05) is 48.7 Å². The van der Waals surface area contributed by atoms with Gasteiger partial charge < -0.3 is 25.0 Å². The number of carbonyl (C=O) groups is 5. The van der Waals surface area contributed by atoms with E-state index in [0.29, 0.717) is 43.8 Å². The van der Waals surface area contributed by atoms with E-state index in [1.54, 1.807) is 32.9 Å². The Balaban J connectivity index is 1.25. The van der Waals surface area contributed by atoms with Crippen LogP contribution in [0.25, 0.3) is 0 Å². The molecule has 4 aliphatic heterocycles. The van der Waals surface area contributed by atoms with E-state index < -0.39 is 75.4 Å². The van der Waals surface area contributed by atoms with Crippen LogP contribution in [0, 0.1) is 5.92 Å². The largest absolute Gasteiger partial charge is 0.444 e. The summed E-state index contributed by atoms with van der Waals surface area (Å²) < 4.78 is 41.0. The van der Waals surface area contributed by atoms with E-state index in [9.17, 15) is 32.4 Å². The molecule has 5 aliphatic rings. The third-order valence-corrected chi connectivity index (χ3v) is 12.3. The SMILES string of the molecule is CC(C)(C)OC(=O)N[C@H]1CCCCCC=C[C@@H]2C[C@@]2(C(=O)NS(=O)(=O)N2CCCC2)NC(=O)[C@@H]2C[C@@H](OC(=O)N3Cc4cccc(Cl)c4C3)CN2C1=O. The quantitative estimate of drug-likeness (QED) is 0.377. The average Bonchev–Trinajstić information content (AvgIpc) is 3.55. The summed E-state index contributed by atoms with van der Waals surface area (Å²) in [7, 11) is -4.14. The summed E-state index contributed by atoms with van der Waals surface area (Å²) in [5, 5.41) is 6.05. The molecule has 5 atom stereocenters. The number of hydrogen-bond donors (Lipinski definition) is 3. The Labute approximate surface area is 315 Å². The predicted molar refractivity (Wildman–Crippen MR) is 193 cm³/mol. The lowest BCUT2D eigenvalue weighted by Gasteiger charge is -2.30. The van der Waals surface area contributed by atoms with Crippen molar-refractivity contribution in [2.45, 2.75) is 121 Å². The lowest BCUT2D eigenvalue weighted by atomic mass is 10.0. The standard InChI is InChI=1S/C36H49ClN6O9S/c1-35(2,3)52-33(47)38-28-15-8-6-4-5-7-13-24-19-36(24,32(46)40-53(49,50)42-16-9-10-17-42)39-30(44)29-18-25(21-43(29)31(28)45)51-34(48)41-20-23-12-11-14-27(37)26(23)22-41/h7,11-14,24-25,28-29H,4-6,8-10,15-22H2,1-3H3,(H,38,47)(H,39,44)(H,40,46)/t24-,25-,28+,29+,36-/m1/s1. The van der Waals surface area contributed by atoms with Crippen molar-refractivity contribution in [3.8, 4) is 0 Å². The molecule has 3 fully saturated rings. The van der Waals surface area contributed by atoms with Crippen molar-refractivity contribution < 1.29 is 41.9 Å². The summed E-state index contributed by atoms with van der Waals surface area (Å²) in [6, 6.07) is 3.17. The molecule has 1 aromatic carbocycles. The molecule has 0 bridgehead atoms. The normalized spacial score (nSPS) is 28.2. The van der Waals surface area contributed by atoms with Crippen molar-refractivity contribution in [2.75, 3.05) is 19.6 Å². The molecule has 4 heterocycles. The van der Waals surface area contributed by atoms with E-state index in [2.05, 4.69) is 15.4 Å². The Hall–Kier alpha value is -3.89. The molecule has 0 spiro atoms. The van der Waals surface area contributed by atoms with Gasteiger partial charge in [0.2, 0.25) is 11.8 Å². The Morgan fingerprint density at radius 3 is 2.51 bits per heavy atom. The fourth-order valence-electron chi connectivity index (χ4n) is 7.54. The van der Waals surface area contributed by atoms with E-state index >= 15 is 0 Å². The van der Waals surface area contributed by atoms with Gasteiger partial charge in [-0.25, -0.2) is 14.3 Å². The monoisotopic (exact) mass is 776 g/mol. The molecule has 2 saturated heterocycles. The van der Waals surface area contributed by atoms with Gasteiger partial charge >= 0.3 is 22.4 Å². The van der Waals surface area contributed by atoms with Gasteiger partial charge in [-0.05, 0) is 76.5 Å². The predicted octanol–water partition coefficient (Wildman–Crippen LogP) is 3.51. The van der Waals surface area contributed by atoms with E-state index in [0.717, 1.165) is 24.0 Å². The zero-order chi connectivity index (χ0) is 38.1. The molecule has 3 N–H and O–H groups in total. The fraction of sp³-hybridized carbons (Fsp3) is 0.639. The summed E-state index contributed by atoms with van der Waals surface area (Å²) in [5.74, 6) is -2.60. The first-order chi connectivity index (χ1) is 25.1. The van der Waals surface area contributed by atoms with Gasteiger partial charge in [0, 0.05) is 37.0 Å². The van der Waals surface area contributed by atoms with Gasteiger partial charge in [-0.2, -0.15) is 12.7 Å². The number of nitrogens with one attached hydrogen (secondary N) is 3. The topological polar surface area (TPSA) is 184 Å². The van der Waals surface area contributed by atoms with Crippen molar-refractivity contribution in [3.05, 3.63) is 46.5 Å². The number of allylic oxidation sites excluding steroid dienone is 1. The number of fused-ring (bicyclic) bond motifs is 3. The second-order valence-corrected chi connectivity index (χ2v) is 17.6. The van der Waals surface area contributed by atoms with Crippen LogP contribution >= 0.6 is 11.6 Å². The lowest BCUT2D eigenvalue weighted by Crippen LogP contribution is -2.59. The summed E-state index contributed by atoms with van der Waals surface area (Å²) >= 11 is 6.36. The average molecular weight is 777 g/mol. The van der Waals surface area contributed by atoms with Crippen molar-refractivity contribution in [1.82, 2.24) is 29.5 Å². The van der Waals surface area contributed by atoms with Crippen molar-refractivity contribution >= 4 is 51.7 Å². The summed E-state index contributed by atoms with van der Waals surface area (Å²) in [5.41, 5.74) is -0.688. The van der Waals surface area contributed by atoms with Crippen LogP contribution in [0.1, 0.15) is 89.7 Å². The van der Waals surface area contributed by atoms with Crippen LogP contribution in [0.4, 0.5) is 9.59 Å². The number of rotatable bonds is 5. The first kappa shape index (κ1) is 38.8. The summed E-state index contributed by atoms with van der Waals surface area (Å²) in [6.45, 7) is 6.07. The molecule has 17 heteroatoms. The molecule has 290 valence electrons. The van der Waals surface area contributed by atoms with Gasteiger partial charge in [0.15, 0.2) is 0 Å². The van der Waals surface area contributed by atoms with E-state index in [-0.39, 0.29) is 38.9 Å². The van der Waals surface area contributed by atoms with E-state index in [1.807, 2.05) is 18.2 Å². The van der Waals surface area contributed by atoms with Gasteiger partial charge in [0.25, 0.3) is 5.91 Å². The van der Waals surface area contributed by atoms with Crippen LogP contribution in [0.3, 0.4) is 0 Å². The maximum Gasteiger partial charge on any atom is 0.410 e. The minimum absolute atomic E-state index is 0.0890. The highest BCUT2D eigenvalue weighted by molar-refractivity contribution is 7.87. The number of benzene rings is 1. The fourth-order valence-corrected chi connectivity index (χ4v) is 9.08. The summed E-state index contributed by atoms with van der Waals surface area (Å²) in [4.78, 5) is 71.6. The molecule has 0 unspecified atom stereocenters. The molecule has 15 nitrogen and oxygen atoms in total. The Bertz CT molecular complexity index is 1760. The molecule has 0 radical (unpaired) electrons. The van der Waals surface area contributed by atoms with Crippen molar-refractivity contribution in [3.63, 3.8) is 0 Å². The molecule has 1 aromatic rings. The van der Waals surface area contributed by atoms with Crippen LogP contribution in [0.5, 0.6) is 0 Å². The van der Waals surface area contributed by atoms with Crippen LogP contribution in [0.15, 0.2) is 30.4 Å². The molecule has 6 rings (SSSR count). The molecular formula is C36H49ClN6O9S.